The molecule has 21 heavy (non-hydrogen) atoms. The zero-order valence-electron chi connectivity index (χ0n) is 12.9. The molecular formula is C15H24N4O2. The standard InChI is InChI=1S/C15H24N4O2/c1-11(18-6-8-19(9-7-18)15(16)17)13-5-4-12(20-2)10-14(13)21-3/h4-5,10-11H,6-9H2,1-3H3,(H3,16,17). The molecule has 1 aromatic carbocycles. The van der Waals surface area contributed by atoms with Crippen molar-refractivity contribution in [2.45, 2.75) is 13.0 Å². The van der Waals surface area contributed by atoms with E-state index in [1.54, 1.807) is 14.2 Å². The summed E-state index contributed by atoms with van der Waals surface area (Å²) in [5.41, 5.74) is 6.68. The molecule has 3 N–H and O–H groups in total. The largest absolute Gasteiger partial charge is 0.497 e. The minimum atomic E-state index is 0.157. The van der Waals surface area contributed by atoms with E-state index in [9.17, 15) is 0 Å². The van der Waals surface area contributed by atoms with E-state index in [1.165, 1.54) is 0 Å². The number of piperazine rings is 1. The second-order valence-electron chi connectivity index (χ2n) is 5.19. The first-order valence-electron chi connectivity index (χ1n) is 7.11. The molecule has 6 nitrogen and oxygen atoms in total. The van der Waals surface area contributed by atoms with Crippen LogP contribution in [0.15, 0.2) is 18.2 Å². The summed E-state index contributed by atoms with van der Waals surface area (Å²) in [6.45, 7) is 5.52. The van der Waals surface area contributed by atoms with Crippen molar-refractivity contribution in [1.29, 1.82) is 5.41 Å². The summed E-state index contributed by atoms with van der Waals surface area (Å²) in [5.74, 6) is 1.80. The molecule has 0 saturated carbocycles. The Kier molecular flexibility index (Phi) is 4.90. The molecule has 1 aromatic rings. The fourth-order valence-corrected chi connectivity index (χ4v) is 2.71. The van der Waals surface area contributed by atoms with Crippen LogP contribution >= 0.6 is 0 Å². The Labute approximate surface area is 125 Å². The van der Waals surface area contributed by atoms with Gasteiger partial charge in [0, 0.05) is 43.9 Å². The van der Waals surface area contributed by atoms with E-state index in [1.807, 2.05) is 17.0 Å². The third-order valence-electron chi connectivity index (χ3n) is 4.09. The van der Waals surface area contributed by atoms with Crippen molar-refractivity contribution in [3.8, 4) is 11.5 Å². The fraction of sp³-hybridized carbons (Fsp3) is 0.533. The van der Waals surface area contributed by atoms with Crippen LogP contribution in [0.1, 0.15) is 18.5 Å². The van der Waals surface area contributed by atoms with Gasteiger partial charge in [0.15, 0.2) is 5.96 Å². The van der Waals surface area contributed by atoms with Gasteiger partial charge >= 0.3 is 0 Å². The van der Waals surface area contributed by atoms with Gasteiger partial charge in [0.25, 0.3) is 0 Å². The van der Waals surface area contributed by atoms with Gasteiger partial charge < -0.3 is 20.1 Å². The smallest absolute Gasteiger partial charge is 0.188 e. The van der Waals surface area contributed by atoms with Crippen molar-refractivity contribution in [3.05, 3.63) is 23.8 Å². The molecule has 0 amide bonds. The van der Waals surface area contributed by atoms with Crippen molar-refractivity contribution in [1.82, 2.24) is 9.80 Å². The number of nitrogens with zero attached hydrogens (tertiary/aromatic N) is 2. The van der Waals surface area contributed by atoms with Crippen LogP contribution in [0.4, 0.5) is 0 Å². The summed E-state index contributed by atoms with van der Waals surface area (Å²) in [6, 6.07) is 6.18. The lowest BCUT2D eigenvalue weighted by Gasteiger charge is -2.38. The van der Waals surface area contributed by atoms with Crippen molar-refractivity contribution in [3.63, 3.8) is 0 Å². The Morgan fingerprint density at radius 2 is 1.86 bits per heavy atom. The molecule has 1 atom stereocenters. The van der Waals surface area contributed by atoms with Crippen molar-refractivity contribution in [2.75, 3.05) is 40.4 Å². The molecule has 116 valence electrons. The number of nitrogens with two attached hydrogens (primary N) is 1. The maximum atomic E-state index is 7.49. The summed E-state index contributed by atoms with van der Waals surface area (Å²) >= 11 is 0. The molecule has 1 saturated heterocycles. The van der Waals surface area contributed by atoms with Crippen LogP contribution in [0, 0.1) is 5.41 Å². The van der Waals surface area contributed by atoms with Gasteiger partial charge in [-0.2, -0.15) is 0 Å². The van der Waals surface area contributed by atoms with E-state index >= 15 is 0 Å². The first-order chi connectivity index (χ1) is 10.1. The third-order valence-corrected chi connectivity index (χ3v) is 4.09. The van der Waals surface area contributed by atoms with Gasteiger partial charge in [-0.05, 0) is 13.0 Å². The van der Waals surface area contributed by atoms with Gasteiger partial charge in [0.05, 0.1) is 14.2 Å². The van der Waals surface area contributed by atoms with E-state index < -0.39 is 0 Å². The van der Waals surface area contributed by atoms with Crippen molar-refractivity contribution >= 4 is 5.96 Å². The number of ether oxygens (including phenoxy) is 2. The van der Waals surface area contributed by atoms with Crippen LogP contribution in [0.5, 0.6) is 11.5 Å². The molecule has 0 aliphatic carbocycles. The summed E-state index contributed by atoms with van der Waals surface area (Å²) < 4.78 is 10.7. The molecule has 1 aliphatic heterocycles. The maximum Gasteiger partial charge on any atom is 0.188 e. The molecule has 1 aliphatic rings. The minimum Gasteiger partial charge on any atom is -0.497 e. The second-order valence-corrected chi connectivity index (χ2v) is 5.19. The predicted molar refractivity (Wildman–Crippen MR) is 83.0 cm³/mol. The molecule has 0 bridgehead atoms. The third kappa shape index (κ3) is 3.39. The lowest BCUT2D eigenvalue weighted by molar-refractivity contribution is 0.137. The van der Waals surface area contributed by atoms with Gasteiger partial charge in [-0.3, -0.25) is 10.3 Å². The van der Waals surface area contributed by atoms with E-state index in [2.05, 4.69) is 17.9 Å². The lowest BCUT2D eigenvalue weighted by Crippen LogP contribution is -2.51. The van der Waals surface area contributed by atoms with Crippen LogP contribution in [0.3, 0.4) is 0 Å². The molecule has 2 rings (SSSR count). The molecule has 0 radical (unpaired) electrons. The Hall–Kier alpha value is -1.95. The fourth-order valence-electron chi connectivity index (χ4n) is 2.71. The molecule has 6 heteroatoms. The molecule has 0 spiro atoms. The van der Waals surface area contributed by atoms with Gasteiger partial charge in [0.1, 0.15) is 11.5 Å². The van der Waals surface area contributed by atoms with Crippen molar-refractivity contribution in [2.24, 2.45) is 5.73 Å². The summed E-state index contributed by atoms with van der Waals surface area (Å²) in [4.78, 5) is 4.28. The molecule has 1 unspecified atom stereocenters. The molecular weight excluding hydrogens is 268 g/mol. The number of methoxy groups -OCH3 is 2. The number of nitrogens with one attached hydrogen (secondary N) is 1. The average Bonchev–Trinajstić information content (AvgIpc) is 2.53. The zero-order valence-corrected chi connectivity index (χ0v) is 12.9. The van der Waals surface area contributed by atoms with Crippen LogP contribution < -0.4 is 15.2 Å². The number of benzene rings is 1. The lowest BCUT2D eigenvalue weighted by atomic mass is 10.0. The van der Waals surface area contributed by atoms with E-state index in [4.69, 9.17) is 20.6 Å². The summed E-state index contributed by atoms with van der Waals surface area (Å²) in [6.07, 6.45) is 0. The Balaban J connectivity index is 2.10. The van der Waals surface area contributed by atoms with Gasteiger partial charge in [-0.25, -0.2) is 0 Å². The number of hydrogen-bond acceptors (Lipinski definition) is 4. The normalized spacial score (nSPS) is 17.4. The number of guanidine groups is 1. The average molecular weight is 292 g/mol. The Bertz CT molecular complexity index is 498. The monoisotopic (exact) mass is 292 g/mol. The second kappa shape index (κ2) is 6.67. The minimum absolute atomic E-state index is 0.157. The highest BCUT2D eigenvalue weighted by Crippen LogP contribution is 2.32. The maximum absolute atomic E-state index is 7.49. The quantitative estimate of drug-likeness (QED) is 0.646. The predicted octanol–water partition coefficient (Wildman–Crippen LogP) is 1.28. The first kappa shape index (κ1) is 15.4. The van der Waals surface area contributed by atoms with Gasteiger partial charge in [-0.15, -0.1) is 0 Å². The van der Waals surface area contributed by atoms with Gasteiger partial charge in [0.2, 0.25) is 0 Å². The number of rotatable bonds is 4. The van der Waals surface area contributed by atoms with Crippen LogP contribution in [0.25, 0.3) is 0 Å². The van der Waals surface area contributed by atoms with E-state index in [0.29, 0.717) is 0 Å². The highest BCUT2D eigenvalue weighted by atomic mass is 16.5. The number of hydrogen-bond donors (Lipinski definition) is 2. The zero-order chi connectivity index (χ0) is 15.4. The first-order valence-corrected chi connectivity index (χ1v) is 7.11. The van der Waals surface area contributed by atoms with Gasteiger partial charge in [-0.1, -0.05) is 6.07 Å². The van der Waals surface area contributed by atoms with E-state index in [0.717, 1.165) is 43.2 Å². The van der Waals surface area contributed by atoms with E-state index in [-0.39, 0.29) is 12.0 Å². The van der Waals surface area contributed by atoms with Crippen molar-refractivity contribution < 1.29 is 9.47 Å². The molecule has 1 fully saturated rings. The Morgan fingerprint density at radius 3 is 2.38 bits per heavy atom. The molecule has 0 aromatic heterocycles. The van der Waals surface area contributed by atoms with Crippen LogP contribution in [-0.4, -0.2) is 56.2 Å². The van der Waals surface area contributed by atoms with Crippen LogP contribution in [-0.2, 0) is 0 Å². The molecule has 1 heterocycles. The summed E-state index contributed by atoms with van der Waals surface area (Å²) in [5, 5.41) is 7.49. The topological polar surface area (TPSA) is 74.8 Å². The highest BCUT2D eigenvalue weighted by Gasteiger charge is 2.24. The van der Waals surface area contributed by atoms with Crippen LogP contribution in [0.2, 0.25) is 0 Å². The SMILES string of the molecule is COc1ccc(C(C)N2CCN(C(=N)N)CC2)c(OC)c1. The summed E-state index contributed by atoms with van der Waals surface area (Å²) in [7, 11) is 3.33. The highest BCUT2D eigenvalue weighted by molar-refractivity contribution is 5.74. The Morgan fingerprint density at radius 1 is 1.19 bits per heavy atom.